The van der Waals surface area contributed by atoms with E-state index in [2.05, 4.69) is 5.32 Å². The van der Waals surface area contributed by atoms with Gasteiger partial charge in [0.25, 0.3) is 0 Å². The Morgan fingerprint density at radius 3 is 2.04 bits per heavy atom. The molecule has 1 aliphatic rings. The summed E-state index contributed by atoms with van der Waals surface area (Å²) in [5.41, 5.74) is 1.18. The van der Waals surface area contributed by atoms with Gasteiger partial charge in [0, 0.05) is 0 Å². The van der Waals surface area contributed by atoms with Crippen molar-refractivity contribution in [1.29, 1.82) is 0 Å². The number of nitrogens with one attached hydrogen (secondary N) is 1. The third-order valence-corrected chi connectivity index (χ3v) is 5.35. The second kappa shape index (κ2) is 8.44. The van der Waals surface area contributed by atoms with Gasteiger partial charge in [-0.25, -0.2) is 8.42 Å². The van der Waals surface area contributed by atoms with Crippen LogP contribution in [0.25, 0.3) is 0 Å². The number of hydrogen-bond donors (Lipinski definition) is 2. The summed E-state index contributed by atoms with van der Waals surface area (Å²) in [5, 5.41) is 12.6. The first-order valence-electron chi connectivity index (χ1n) is 8.28. The van der Waals surface area contributed by atoms with E-state index >= 15 is 0 Å². The molecule has 0 atom stereocenters. The fourth-order valence-electron chi connectivity index (χ4n) is 2.94. The Morgan fingerprint density at radius 1 is 1.04 bits per heavy atom. The maximum atomic E-state index is 11.4. The van der Waals surface area contributed by atoms with Gasteiger partial charge in [-0.05, 0) is 50.6 Å². The van der Waals surface area contributed by atoms with Crippen LogP contribution in [-0.2, 0) is 20.3 Å². The Labute approximate surface area is 153 Å². The molecule has 140 valence electrons. The summed E-state index contributed by atoms with van der Waals surface area (Å²) in [6.45, 7) is 3.38. The molecule has 2 aromatic rings. The van der Waals surface area contributed by atoms with Crippen molar-refractivity contribution in [3.8, 4) is 0 Å². The highest BCUT2D eigenvalue weighted by Gasteiger charge is 2.40. The topological polar surface area (TPSA) is 107 Å². The molecule has 1 heterocycles. The molecule has 0 unspecified atom stereocenters. The smallest absolute Gasteiger partial charge is 0.314 e. The van der Waals surface area contributed by atoms with E-state index in [9.17, 15) is 22.9 Å². The lowest BCUT2D eigenvalue weighted by Crippen LogP contribution is -2.45. The molecule has 0 spiro atoms. The van der Waals surface area contributed by atoms with Crippen molar-refractivity contribution < 1.29 is 22.9 Å². The summed E-state index contributed by atoms with van der Waals surface area (Å²) in [6, 6.07) is 15.3. The molecule has 0 bridgehead atoms. The van der Waals surface area contributed by atoms with Crippen molar-refractivity contribution in [3.63, 3.8) is 0 Å². The molecule has 3 rings (SSSR count). The predicted octanol–water partition coefficient (Wildman–Crippen LogP) is 2.29. The molecule has 0 amide bonds. The second-order valence-electron chi connectivity index (χ2n) is 6.27. The number of rotatable bonds is 3. The molecule has 7 heteroatoms. The summed E-state index contributed by atoms with van der Waals surface area (Å²) < 4.78 is 31.2. The lowest BCUT2D eigenvalue weighted by molar-refractivity contribution is -0.145. The summed E-state index contributed by atoms with van der Waals surface area (Å²) in [7, 11) is -4.27. The Bertz CT molecular complexity index is 826. The highest BCUT2D eigenvalue weighted by molar-refractivity contribution is 7.85. The molecule has 6 nitrogen and oxygen atoms in total. The Hall–Kier alpha value is -2.22. The van der Waals surface area contributed by atoms with E-state index in [-0.39, 0.29) is 4.90 Å². The standard InChI is InChI=1S/C12H15NO2.C7H8O3S/c14-11(15)12(6-8-13-9-7-12)10-4-2-1-3-5-10;1-6-2-4-7(5-3-6)11(8,9)10/h1-5,13H,6-9H2,(H,14,15);2-5H,1H3,(H,8,9,10)/p-1. The normalized spacial score (nSPS) is 16.2. The van der Waals surface area contributed by atoms with Gasteiger partial charge in [0.1, 0.15) is 10.1 Å². The van der Waals surface area contributed by atoms with Crippen LogP contribution in [0.5, 0.6) is 0 Å². The molecule has 1 aliphatic heterocycles. The van der Waals surface area contributed by atoms with Gasteiger partial charge in [-0.15, -0.1) is 0 Å². The van der Waals surface area contributed by atoms with Crippen LogP contribution in [0, 0.1) is 6.92 Å². The fraction of sp³-hybridized carbons (Fsp3) is 0.316. The van der Waals surface area contributed by atoms with E-state index in [1.807, 2.05) is 37.3 Å². The van der Waals surface area contributed by atoms with Crippen LogP contribution in [0.15, 0.2) is 59.5 Å². The van der Waals surface area contributed by atoms with Crippen LogP contribution in [0.2, 0.25) is 0 Å². The number of piperidine rings is 1. The van der Waals surface area contributed by atoms with Crippen molar-refractivity contribution in [1.82, 2.24) is 5.32 Å². The van der Waals surface area contributed by atoms with Gasteiger partial charge >= 0.3 is 5.97 Å². The monoisotopic (exact) mass is 376 g/mol. The molecular formula is C19H22NO5S-. The van der Waals surface area contributed by atoms with Crippen molar-refractivity contribution in [2.45, 2.75) is 30.1 Å². The van der Waals surface area contributed by atoms with Crippen molar-refractivity contribution in [2.75, 3.05) is 13.1 Å². The quantitative estimate of drug-likeness (QED) is 0.796. The fourth-order valence-corrected chi connectivity index (χ4v) is 3.41. The number of aryl methyl sites for hydroxylation is 1. The van der Waals surface area contributed by atoms with Crippen LogP contribution in [0.1, 0.15) is 24.0 Å². The van der Waals surface area contributed by atoms with E-state index in [1.54, 1.807) is 12.1 Å². The lowest BCUT2D eigenvalue weighted by Gasteiger charge is -2.34. The summed E-state index contributed by atoms with van der Waals surface area (Å²) >= 11 is 0. The maximum Gasteiger partial charge on any atom is 0.314 e. The Balaban J connectivity index is 0.000000197. The zero-order valence-corrected chi connectivity index (χ0v) is 15.3. The molecule has 1 fully saturated rings. The van der Waals surface area contributed by atoms with Gasteiger partial charge in [-0.3, -0.25) is 4.79 Å². The first-order valence-corrected chi connectivity index (χ1v) is 9.69. The number of hydrogen-bond acceptors (Lipinski definition) is 5. The van der Waals surface area contributed by atoms with E-state index < -0.39 is 21.5 Å². The third-order valence-electron chi connectivity index (χ3n) is 4.50. The van der Waals surface area contributed by atoms with E-state index in [1.165, 1.54) is 12.1 Å². The number of aliphatic carboxylic acids is 1. The zero-order valence-electron chi connectivity index (χ0n) is 14.5. The highest BCUT2D eigenvalue weighted by Crippen LogP contribution is 2.33. The molecule has 2 aromatic carbocycles. The number of benzene rings is 2. The molecule has 0 saturated carbocycles. The molecule has 0 aromatic heterocycles. The van der Waals surface area contributed by atoms with Crippen molar-refractivity contribution in [2.24, 2.45) is 0 Å². The maximum absolute atomic E-state index is 11.4. The van der Waals surface area contributed by atoms with Crippen LogP contribution in [-0.4, -0.2) is 37.1 Å². The Kier molecular flexibility index (Phi) is 6.52. The first-order chi connectivity index (χ1) is 12.3. The van der Waals surface area contributed by atoms with Gasteiger partial charge in [-0.2, -0.15) is 0 Å². The summed E-state index contributed by atoms with van der Waals surface area (Å²) in [6.07, 6.45) is 1.35. The van der Waals surface area contributed by atoms with Gasteiger partial charge in [-0.1, -0.05) is 48.0 Å². The molecule has 0 aliphatic carbocycles. The average molecular weight is 376 g/mol. The summed E-state index contributed by atoms with van der Waals surface area (Å²) in [5.74, 6) is -0.699. The Morgan fingerprint density at radius 2 is 1.58 bits per heavy atom. The van der Waals surface area contributed by atoms with E-state index in [0.29, 0.717) is 12.8 Å². The van der Waals surface area contributed by atoms with Crippen LogP contribution < -0.4 is 5.32 Å². The largest absolute Gasteiger partial charge is 0.744 e. The van der Waals surface area contributed by atoms with Crippen LogP contribution in [0.3, 0.4) is 0 Å². The molecular weight excluding hydrogens is 354 g/mol. The van der Waals surface area contributed by atoms with Crippen molar-refractivity contribution >= 4 is 16.1 Å². The summed E-state index contributed by atoms with van der Waals surface area (Å²) in [4.78, 5) is 11.3. The zero-order chi connectivity index (χ0) is 19.2. The van der Waals surface area contributed by atoms with Crippen LogP contribution >= 0.6 is 0 Å². The number of carbonyl (C=O) groups is 1. The van der Waals surface area contributed by atoms with Gasteiger partial charge in [0.2, 0.25) is 0 Å². The molecule has 26 heavy (non-hydrogen) atoms. The third kappa shape index (κ3) is 4.91. The number of carboxylic acid groups (broad SMARTS) is 1. The van der Waals surface area contributed by atoms with Gasteiger partial charge in [0.15, 0.2) is 0 Å². The minimum Gasteiger partial charge on any atom is -0.744 e. The van der Waals surface area contributed by atoms with E-state index in [4.69, 9.17) is 0 Å². The SMILES string of the molecule is Cc1ccc(S(=O)(=O)[O-])cc1.O=C(O)C1(c2ccccc2)CCNCC1. The van der Waals surface area contributed by atoms with Crippen molar-refractivity contribution in [3.05, 3.63) is 65.7 Å². The first kappa shape index (κ1) is 20.1. The number of carboxylic acids is 1. The van der Waals surface area contributed by atoms with Gasteiger partial charge < -0.3 is 15.0 Å². The highest BCUT2D eigenvalue weighted by atomic mass is 32.2. The second-order valence-corrected chi connectivity index (χ2v) is 7.65. The predicted molar refractivity (Wildman–Crippen MR) is 97.0 cm³/mol. The van der Waals surface area contributed by atoms with Gasteiger partial charge in [0.05, 0.1) is 10.3 Å². The minimum absolute atomic E-state index is 0.178. The lowest BCUT2D eigenvalue weighted by atomic mass is 9.73. The molecule has 1 saturated heterocycles. The van der Waals surface area contributed by atoms with E-state index in [0.717, 1.165) is 24.2 Å². The minimum atomic E-state index is -4.27. The molecule has 0 radical (unpaired) electrons. The molecule has 2 N–H and O–H groups in total. The van der Waals surface area contributed by atoms with Crippen LogP contribution in [0.4, 0.5) is 0 Å². The average Bonchev–Trinajstić information content (AvgIpc) is 2.63.